The molecular formula is C11H16N4O. The molecule has 2 heterocycles. The fraction of sp³-hybridized carbons (Fsp3) is 0.455. The van der Waals surface area contributed by atoms with E-state index in [1.54, 1.807) is 6.07 Å². The lowest BCUT2D eigenvalue weighted by Crippen LogP contribution is -2.16. The Hall–Kier alpha value is -1.62. The summed E-state index contributed by atoms with van der Waals surface area (Å²) in [6.45, 7) is 2.65. The molecule has 2 aromatic rings. The van der Waals surface area contributed by atoms with Crippen molar-refractivity contribution in [2.75, 3.05) is 6.54 Å². The van der Waals surface area contributed by atoms with Gasteiger partial charge in [-0.15, -0.1) is 0 Å². The van der Waals surface area contributed by atoms with Gasteiger partial charge in [-0.3, -0.25) is 9.89 Å². The Morgan fingerprint density at radius 3 is 3.00 bits per heavy atom. The number of H-pyrrole nitrogens is 1. The maximum atomic E-state index is 11.8. The van der Waals surface area contributed by atoms with Gasteiger partial charge in [0.1, 0.15) is 0 Å². The number of nitrogens with zero attached hydrogens (tertiary/aromatic N) is 2. The van der Waals surface area contributed by atoms with Gasteiger partial charge < -0.3 is 5.73 Å². The van der Waals surface area contributed by atoms with Crippen LogP contribution >= 0.6 is 0 Å². The third-order valence-electron chi connectivity index (χ3n) is 2.57. The normalized spacial score (nSPS) is 11.1. The monoisotopic (exact) mass is 220 g/mol. The van der Waals surface area contributed by atoms with Crippen LogP contribution in [-0.2, 0) is 12.8 Å². The number of aryl methyl sites for hydroxylation is 2. The first-order valence-electron chi connectivity index (χ1n) is 5.55. The van der Waals surface area contributed by atoms with Gasteiger partial charge in [0.15, 0.2) is 5.65 Å². The van der Waals surface area contributed by atoms with E-state index in [1.807, 2.05) is 13.0 Å². The zero-order valence-corrected chi connectivity index (χ0v) is 9.36. The van der Waals surface area contributed by atoms with Crippen LogP contribution in [0.1, 0.15) is 24.7 Å². The van der Waals surface area contributed by atoms with Gasteiger partial charge in [0.2, 0.25) is 0 Å². The molecule has 0 saturated heterocycles. The molecular weight excluding hydrogens is 204 g/mol. The highest BCUT2D eigenvalue weighted by atomic mass is 16.1. The summed E-state index contributed by atoms with van der Waals surface area (Å²) in [6.07, 6.45) is 2.48. The van der Waals surface area contributed by atoms with Gasteiger partial charge >= 0.3 is 0 Å². The summed E-state index contributed by atoms with van der Waals surface area (Å²) < 4.78 is 1.48. The molecule has 3 N–H and O–H groups in total. The number of hydrogen-bond acceptors (Lipinski definition) is 3. The van der Waals surface area contributed by atoms with Crippen molar-refractivity contribution in [3.63, 3.8) is 0 Å². The molecule has 0 radical (unpaired) electrons. The molecule has 0 aliphatic heterocycles. The molecule has 0 amide bonds. The summed E-state index contributed by atoms with van der Waals surface area (Å²) in [5, 5.41) is 3.01. The summed E-state index contributed by atoms with van der Waals surface area (Å²) in [5.41, 5.74) is 7.90. The molecule has 5 heteroatoms. The standard InChI is InChI=1S/C11H16N4O/c1-2-8-6-10-13-9(4-3-5-12)7-11(16)15(10)14-8/h6-7,14H,2-5,12H2,1H3. The maximum Gasteiger partial charge on any atom is 0.272 e. The average molecular weight is 220 g/mol. The van der Waals surface area contributed by atoms with Gasteiger partial charge in [0.05, 0.1) is 0 Å². The summed E-state index contributed by atoms with van der Waals surface area (Å²) in [5.74, 6) is 0. The molecule has 0 aliphatic carbocycles. The Bertz CT molecular complexity index is 540. The minimum atomic E-state index is -0.0586. The van der Waals surface area contributed by atoms with E-state index in [-0.39, 0.29) is 5.56 Å². The summed E-state index contributed by atoms with van der Waals surface area (Å²) in [6, 6.07) is 3.48. The van der Waals surface area contributed by atoms with Gasteiger partial charge in [-0.2, -0.15) is 0 Å². The molecule has 0 aliphatic rings. The van der Waals surface area contributed by atoms with Crippen molar-refractivity contribution in [3.8, 4) is 0 Å². The molecule has 0 aromatic carbocycles. The molecule has 0 spiro atoms. The number of aromatic amines is 1. The van der Waals surface area contributed by atoms with E-state index in [0.29, 0.717) is 12.2 Å². The first-order chi connectivity index (χ1) is 7.74. The van der Waals surface area contributed by atoms with Crippen molar-refractivity contribution in [1.82, 2.24) is 14.6 Å². The van der Waals surface area contributed by atoms with E-state index in [1.165, 1.54) is 4.52 Å². The number of nitrogens with two attached hydrogens (primary N) is 1. The van der Waals surface area contributed by atoms with E-state index in [2.05, 4.69) is 10.1 Å². The molecule has 2 aromatic heterocycles. The highest BCUT2D eigenvalue weighted by Gasteiger charge is 2.04. The lowest BCUT2D eigenvalue weighted by Gasteiger charge is -1.98. The third kappa shape index (κ3) is 1.99. The van der Waals surface area contributed by atoms with E-state index in [0.717, 1.165) is 30.7 Å². The molecule has 2 rings (SSSR count). The van der Waals surface area contributed by atoms with Crippen molar-refractivity contribution in [2.24, 2.45) is 5.73 Å². The fourth-order valence-corrected chi connectivity index (χ4v) is 1.68. The van der Waals surface area contributed by atoms with Crippen LogP contribution in [-0.4, -0.2) is 21.1 Å². The largest absolute Gasteiger partial charge is 0.330 e. The number of nitrogens with one attached hydrogen (secondary N) is 1. The van der Waals surface area contributed by atoms with Crippen LogP contribution < -0.4 is 11.3 Å². The van der Waals surface area contributed by atoms with Gasteiger partial charge in [-0.05, 0) is 25.8 Å². The van der Waals surface area contributed by atoms with Gasteiger partial charge in [0, 0.05) is 23.5 Å². The van der Waals surface area contributed by atoms with Crippen LogP contribution in [0.4, 0.5) is 0 Å². The Labute approximate surface area is 93.3 Å². The topological polar surface area (TPSA) is 76.2 Å². The Kier molecular flexibility index (Phi) is 3.05. The number of hydrogen-bond donors (Lipinski definition) is 2. The lowest BCUT2D eigenvalue weighted by molar-refractivity contribution is 0.791. The molecule has 16 heavy (non-hydrogen) atoms. The molecule has 5 nitrogen and oxygen atoms in total. The third-order valence-corrected chi connectivity index (χ3v) is 2.57. The van der Waals surface area contributed by atoms with Crippen LogP contribution in [0.25, 0.3) is 5.65 Å². The van der Waals surface area contributed by atoms with Crippen LogP contribution in [0.2, 0.25) is 0 Å². The number of aromatic nitrogens is 3. The molecule has 0 unspecified atom stereocenters. The van der Waals surface area contributed by atoms with Crippen molar-refractivity contribution < 1.29 is 0 Å². The highest BCUT2D eigenvalue weighted by molar-refractivity contribution is 5.39. The first-order valence-corrected chi connectivity index (χ1v) is 5.55. The van der Waals surface area contributed by atoms with E-state index in [9.17, 15) is 4.79 Å². The van der Waals surface area contributed by atoms with Gasteiger partial charge in [-0.25, -0.2) is 9.50 Å². The maximum absolute atomic E-state index is 11.8. The second-order valence-corrected chi connectivity index (χ2v) is 3.81. The Balaban J connectivity index is 2.45. The lowest BCUT2D eigenvalue weighted by atomic mass is 10.2. The second kappa shape index (κ2) is 4.49. The quantitative estimate of drug-likeness (QED) is 0.786. The number of fused-ring (bicyclic) bond motifs is 1. The minimum Gasteiger partial charge on any atom is -0.330 e. The zero-order valence-electron chi connectivity index (χ0n) is 9.36. The van der Waals surface area contributed by atoms with Crippen molar-refractivity contribution in [1.29, 1.82) is 0 Å². The summed E-state index contributed by atoms with van der Waals surface area (Å²) in [7, 11) is 0. The van der Waals surface area contributed by atoms with Crippen molar-refractivity contribution in [3.05, 3.63) is 33.9 Å². The summed E-state index contributed by atoms with van der Waals surface area (Å²) in [4.78, 5) is 16.2. The highest BCUT2D eigenvalue weighted by Crippen LogP contribution is 2.04. The predicted octanol–water partition coefficient (Wildman–Crippen LogP) is 0.476. The minimum absolute atomic E-state index is 0.0586. The second-order valence-electron chi connectivity index (χ2n) is 3.81. The SMILES string of the molecule is CCc1cc2nc(CCCN)cc(=O)n2[nH]1. The Morgan fingerprint density at radius 1 is 1.50 bits per heavy atom. The average Bonchev–Trinajstić information content (AvgIpc) is 2.70. The Morgan fingerprint density at radius 2 is 2.31 bits per heavy atom. The molecule has 0 bridgehead atoms. The van der Waals surface area contributed by atoms with Gasteiger partial charge in [-0.1, -0.05) is 6.92 Å². The smallest absolute Gasteiger partial charge is 0.272 e. The van der Waals surface area contributed by atoms with Crippen LogP contribution in [0.5, 0.6) is 0 Å². The van der Waals surface area contributed by atoms with E-state index >= 15 is 0 Å². The van der Waals surface area contributed by atoms with Crippen molar-refractivity contribution >= 4 is 5.65 Å². The molecule has 0 atom stereocenters. The zero-order chi connectivity index (χ0) is 11.5. The first kappa shape index (κ1) is 10.9. The molecule has 0 saturated carbocycles. The van der Waals surface area contributed by atoms with Crippen LogP contribution in [0, 0.1) is 0 Å². The fourth-order valence-electron chi connectivity index (χ4n) is 1.68. The van der Waals surface area contributed by atoms with Crippen LogP contribution in [0.3, 0.4) is 0 Å². The van der Waals surface area contributed by atoms with Gasteiger partial charge in [0.25, 0.3) is 5.56 Å². The number of rotatable bonds is 4. The molecule has 86 valence electrons. The van der Waals surface area contributed by atoms with Crippen LogP contribution in [0.15, 0.2) is 16.9 Å². The predicted molar refractivity (Wildman–Crippen MR) is 62.6 cm³/mol. The summed E-state index contributed by atoms with van der Waals surface area (Å²) >= 11 is 0. The molecule has 0 fully saturated rings. The van der Waals surface area contributed by atoms with E-state index < -0.39 is 0 Å². The van der Waals surface area contributed by atoms with E-state index in [4.69, 9.17) is 5.73 Å². The van der Waals surface area contributed by atoms with Crippen molar-refractivity contribution in [2.45, 2.75) is 26.2 Å².